The van der Waals surface area contributed by atoms with E-state index in [0.29, 0.717) is 104 Å². The first-order valence-corrected chi connectivity index (χ1v) is 18.7. The number of nitrogens with one attached hydrogen (secondary N) is 3. The highest BCUT2D eigenvalue weighted by atomic mass is 16.6. The SMILES string of the molecule is O=C(CCCOCCOCCOCCOCCOCCNc1cccc2c1C(=O)N(C1CCC(=O)NC1=O)C2=O)CCc1ccc2c(c1)[nH]c1ccncc12. The zero-order valence-corrected chi connectivity index (χ0v) is 30.8. The number of ketones is 1. The van der Waals surface area contributed by atoms with Crippen molar-refractivity contribution < 1.29 is 47.7 Å². The number of nitrogens with zero attached hydrogens (tertiary/aromatic N) is 2. The van der Waals surface area contributed by atoms with Crippen LogP contribution in [0.5, 0.6) is 0 Å². The van der Waals surface area contributed by atoms with Crippen LogP contribution in [-0.4, -0.2) is 123 Å². The highest BCUT2D eigenvalue weighted by Gasteiger charge is 2.45. The molecule has 2 aliphatic heterocycles. The van der Waals surface area contributed by atoms with Crippen molar-refractivity contribution in [2.24, 2.45) is 0 Å². The largest absolute Gasteiger partial charge is 0.382 e. The number of rotatable bonds is 24. The molecular weight excluding hydrogens is 710 g/mol. The maximum Gasteiger partial charge on any atom is 0.264 e. The number of aromatic amines is 1. The summed E-state index contributed by atoms with van der Waals surface area (Å²) in [7, 11) is 0. The second-order valence-corrected chi connectivity index (χ2v) is 13.2. The van der Waals surface area contributed by atoms with Crippen LogP contribution in [-0.2, 0) is 44.5 Å². The summed E-state index contributed by atoms with van der Waals surface area (Å²) in [5.74, 6) is -1.94. The molecule has 4 amide bonds. The van der Waals surface area contributed by atoms with Crippen molar-refractivity contribution in [1.82, 2.24) is 20.2 Å². The number of carbonyl (C=O) groups is 5. The van der Waals surface area contributed by atoms with Crippen molar-refractivity contribution in [2.75, 3.05) is 77.9 Å². The Morgan fingerprint density at radius 2 is 1.49 bits per heavy atom. The minimum absolute atomic E-state index is 0.0647. The van der Waals surface area contributed by atoms with Crippen LogP contribution in [0, 0.1) is 0 Å². The standard InChI is InChI=1S/C40H47N5O10/c46-28(8-6-27-7-9-29-31-26-41-13-12-32(31)43-34(29)25-27)3-2-15-51-17-19-53-21-23-55-24-22-54-20-18-52-16-14-42-33-5-1-4-30-37(33)40(50)45(39(30)49)35-10-11-36(47)44-38(35)48/h1,4-5,7,9,12-13,25-26,35,42-43H,2-3,6,8,10-11,14-24H2,(H,44,47,48). The number of ether oxygens (including phenoxy) is 5. The Morgan fingerprint density at radius 3 is 2.22 bits per heavy atom. The normalized spacial score (nSPS) is 15.6. The number of hydrogen-bond donors (Lipinski definition) is 3. The van der Waals surface area contributed by atoms with Gasteiger partial charge in [-0.15, -0.1) is 0 Å². The van der Waals surface area contributed by atoms with E-state index in [9.17, 15) is 24.0 Å². The molecule has 1 fully saturated rings. The van der Waals surface area contributed by atoms with Crippen LogP contribution in [0.2, 0.25) is 0 Å². The van der Waals surface area contributed by atoms with Crippen LogP contribution in [0.25, 0.3) is 21.8 Å². The quantitative estimate of drug-likeness (QED) is 0.0698. The number of fused-ring (bicyclic) bond motifs is 4. The molecule has 6 rings (SSSR count). The van der Waals surface area contributed by atoms with Gasteiger partial charge >= 0.3 is 0 Å². The zero-order valence-electron chi connectivity index (χ0n) is 30.8. The van der Waals surface area contributed by atoms with E-state index in [1.165, 1.54) is 0 Å². The molecule has 55 heavy (non-hydrogen) atoms. The third kappa shape index (κ3) is 10.6. The lowest BCUT2D eigenvalue weighted by Gasteiger charge is -2.27. The van der Waals surface area contributed by atoms with Crippen molar-refractivity contribution >= 4 is 56.9 Å². The van der Waals surface area contributed by atoms with E-state index < -0.39 is 29.7 Å². The number of Topliss-reactive ketones (excluding diaryl/α,β-unsaturated/α-hetero) is 1. The van der Waals surface area contributed by atoms with Crippen LogP contribution in [0.4, 0.5) is 5.69 Å². The smallest absolute Gasteiger partial charge is 0.264 e. The molecule has 3 N–H and O–H groups in total. The molecule has 292 valence electrons. The fourth-order valence-corrected chi connectivity index (χ4v) is 6.63. The average Bonchev–Trinajstić information content (AvgIpc) is 3.68. The van der Waals surface area contributed by atoms with E-state index in [1.54, 1.807) is 24.4 Å². The fraction of sp³-hybridized carbons (Fsp3) is 0.450. The summed E-state index contributed by atoms with van der Waals surface area (Å²) < 4.78 is 27.8. The predicted molar refractivity (Wildman–Crippen MR) is 202 cm³/mol. The molecule has 2 aromatic heterocycles. The van der Waals surface area contributed by atoms with Crippen molar-refractivity contribution in [3.8, 4) is 0 Å². The van der Waals surface area contributed by atoms with Gasteiger partial charge in [0, 0.05) is 72.3 Å². The van der Waals surface area contributed by atoms with Crippen molar-refractivity contribution in [3.63, 3.8) is 0 Å². The van der Waals surface area contributed by atoms with E-state index in [4.69, 9.17) is 23.7 Å². The molecule has 1 saturated heterocycles. The summed E-state index contributed by atoms with van der Waals surface area (Å²) >= 11 is 0. The van der Waals surface area contributed by atoms with Crippen LogP contribution < -0.4 is 10.6 Å². The highest BCUT2D eigenvalue weighted by molar-refractivity contribution is 6.25. The second kappa shape index (κ2) is 20.0. The summed E-state index contributed by atoms with van der Waals surface area (Å²) in [6.07, 6.45) is 6.22. The van der Waals surface area contributed by atoms with Gasteiger partial charge in [-0.25, -0.2) is 0 Å². The van der Waals surface area contributed by atoms with E-state index in [2.05, 4.69) is 38.8 Å². The molecule has 2 aromatic carbocycles. The Balaban J connectivity index is 0.712. The molecule has 1 unspecified atom stereocenters. The van der Waals surface area contributed by atoms with Gasteiger partial charge in [-0.3, -0.25) is 39.2 Å². The van der Waals surface area contributed by atoms with E-state index >= 15 is 0 Å². The number of piperidine rings is 1. The van der Waals surface area contributed by atoms with Gasteiger partial charge in [0.2, 0.25) is 11.8 Å². The van der Waals surface area contributed by atoms with Gasteiger partial charge < -0.3 is 34.0 Å². The summed E-state index contributed by atoms with van der Waals surface area (Å²) in [6, 6.07) is 12.2. The number of amides is 4. The maximum atomic E-state index is 13.2. The second-order valence-electron chi connectivity index (χ2n) is 13.2. The number of carbonyl (C=O) groups excluding carboxylic acids is 5. The first-order valence-electron chi connectivity index (χ1n) is 18.7. The molecule has 2 aliphatic rings. The van der Waals surface area contributed by atoms with Crippen LogP contribution in [0.3, 0.4) is 0 Å². The van der Waals surface area contributed by atoms with Crippen LogP contribution in [0.1, 0.15) is 58.4 Å². The Labute approximate surface area is 318 Å². The number of aromatic nitrogens is 2. The van der Waals surface area contributed by atoms with Gasteiger partial charge in [-0.05, 0) is 49.1 Å². The molecule has 0 radical (unpaired) electrons. The third-order valence-corrected chi connectivity index (χ3v) is 9.42. The molecule has 4 aromatic rings. The number of anilines is 1. The number of hydrogen-bond acceptors (Lipinski definition) is 12. The number of H-pyrrole nitrogens is 1. The monoisotopic (exact) mass is 757 g/mol. The first kappa shape index (κ1) is 39.6. The molecule has 0 aliphatic carbocycles. The van der Waals surface area contributed by atoms with Gasteiger partial charge in [0.1, 0.15) is 11.8 Å². The van der Waals surface area contributed by atoms with Gasteiger partial charge in [-0.1, -0.05) is 18.2 Å². The zero-order chi connectivity index (χ0) is 38.4. The van der Waals surface area contributed by atoms with E-state index in [1.807, 2.05) is 12.3 Å². The van der Waals surface area contributed by atoms with Gasteiger partial charge in [0.15, 0.2) is 0 Å². The minimum atomic E-state index is -1.01. The molecule has 15 nitrogen and oxygen atoms in total. The molecular formula is C40H47N5O10. The number of benzene rings is 2. The Morgan fingerprint density at radius 1 is 0.782 bits per heavy atom. The maximum absolute atomic E-state index is 13.2. The number of imide groups is 2. The molecule has 15 heteroatoms. The Kier molecular flexibility index (Phi) is 14.4. The molecule has 0 bridgehead atoms. The third-order valence-electron chi connectivity index (χ3n) is 9.42. The summed E-state index contributed by atoms with van der Waals surface area (Å²) in [6.45, 7) is 4.62. The van der Waals surface area contributed by atoms with Gasteiger partial charge in [-0.2, -0.15) is 0 Å². The van der Waals surface area contributed by atoms with Crippen LogP contribution >= 0.6 is 0 Å². The fourth-order valence-electron chi connectivity index (χ4n) is 6.63. The highest BCUT2D eigenvalue weighted by Crippen LogP contribution is 2.32. The van der Waals surface area contributed by atoms with Crippen molar-refractivity contribution in [2.45, 2.75) is 44.6 Å². The van der Waals surface area contributed by atoms with Crippen molar-refractivity contribution in [1.29, 1.82) is 0 Å². The Bertz CT molecular complexity index is 1980. The van der Waals surface area contributed by atoms with E-state index in [-0.39, 0.29) is 29.8 Å². The molecule has 4 heterocycles. The van der Waals surface area contributed by atoms with Gasteiger partial charge in [0.25, 0.3) is 11.8 Å². The van der Waals surface area contributed by atoms with Crippen LogP contribution in [0.15, 0.2) is 54.9 Å². The van der Waals surface area contributed by atoms with Gasteiger partial charge in [0.05, 0.1) is 70.6 Å². The first-order chi connectivity index (χ1) is 26.9. The Hall–Kier alpha value is -5.06. The van der Waals surface area contributed by atoms with Crippen molar-refractivity contribution in [3.05, 3.63) is 71.5 Å². The summed E-state index contributed by atoms with van der Waals surface area (Å²) in [5, 5.41) is 7.58. The lowest BCUT2D eigenvalue weighted by atomic mass is 10.0. The molecule has 0 saturated carbocycles. The minimum Gasteiger partial charge on any atom is -0.382 e. The predicted octanol–water partition coefficient (Wildman–Crippen LogP) is 3.59. The number of aryl methyl sites for hydroxylation is 1. The topological polar surface area (TPSA) is 187 Å². The summed E-state index contributed by atoms with van der Waals surface area (Å²) in [4.78, 5) is 70.9. The number of pyridine rings is 1. The van der Waals surface area contributed by atoms with E-state index in [0.717, 1.165) is 32.3 Å². The molecule has 0 spiro atoms. The average molecular weight is 758 g/mol. The lowest BCUT2D eigenvalue weighted by Crippen LogP contribution is -2.54. The molecule has 1 atom stereocenters. The lowest BCUT2D eigenvalue weighted by molar-refractivity contribution is -0.136. The summed E-state index contributed by atoms with van der Waals surface area (Å²) in [5.41, 5.74) is 4.16.